The monoisotopic (exact) mass is 380 g/mol. The van der Waals surface area contributed by atoms with Crippen molar-refractivity contribution in [3.8, 4) is 11.5 Å². The number of hydrogen-bond donors (Lipinski definition) is 0. The molecule has 0 atom stereocenters. The van der Waals surface area contributed by atoms with Gasteiger partial charge in [0.2, 0.25) is 0 Å². The van der Waals surface area contributed by atoms with Crippen LogP contribution < -0.4 is 9.47 Å². The van der Waals surface area contributed by atoms with Crippen LogP contribution in [-0.4, -0.2) is 37.1 Å². The highest BCUT2D eigenvalue weighted by Gasteiger charge is 2.16. The predicted octanol–water partition coefficient (Wildman–Crippen LogP) is 2.49. The zero-order chi connectivity index (χ0) is 20.2. The van der Waals surface area contributed by atoms with Crippen molar-refractivity contribution in [2.45, 2.75) is 46.5 Å². The van der Waals surface area contributed by atoms with Gasteiger partial charge in [0.1, 0.15) is 0 Å². The zero-order valence-electron chi connectivity index (χ0n) is 15.7. The van der Waals surface area contributed by atoms with E-state index in [9.17, 15) is 19.2 Å². The Balaban J connectivity index is 2.66. The molecule has 0 saturated carbocycles. The normalized spacial score (nSPS) is 10.0. The van der Waals surface area contributed by atoms with Crippen LogP contribution in [0.5, 0.6) is 11.5 Å². The summed E-state index contributed by atoms with van der Waals surface area (Å²) < 4.78 is 19.9. The number of benzene rings is 1. The van der Waals surface area contributed by atoms with Crippen molar-refractivity contribution in [3.05, 3.63) is 23.8 Å². The Morgan fingerprint density at radius 3 is 1.63 bits per heavy atom. The van der Waals surface area contributed by atoms with Gasteiger partial charge in [0.05, 0.1) is 38.9 Å². The molecule has 0 aliphatic carbocycles. The summed E-state index contributed by atoms with van der Waals surface area (Å²) in [7, 11) is 0. The molecule has 1 rings (SSSR count). The molecule has 0 N–H and O–H groups in total. The van der Waals surface area contributed by atoms with Crippen molar-refractivity contribution in [2.75, 3.05) is 13.2 Å². The van der Waals surface area contributed by atoms with E-state index in [1.165, 1.54) is 12.1 Å². The van der Waals surface area contributed by atoms with Crippen molar-refractivity contribution < 1.29 is 38.1 Å². The Morgan fingerprint density at radius 2 is 1.15 bits per heavy atom. The number of aryl methyl sites for hydroxylation is 1. The van der Waals surface area contributed by atoms with Gasteiger partial charge in [0, 0.05) is 0 Å². The SMILES string of the molecule is CCOC(=O)CCC(=O)Oc1ccc(C)cc1OC(=O)CCC(=O)OCC. The van der Waals surface area contributed by atoms with Crippen LogP contribution in [-0.2, 0) is 28.7 Å². The van der Waals surface area contributed by atoms with E-state index in [1.807, 2.05) is 0 Å². The fourth-order valence-electron chi connectivity index (χ4n) is 2.00. The van der Waals surface area contributed by atoms with Crippen LogP contribution in [0.1, 0.15) is 45.1 Å². The number of carbonyl (C=O) groups is 4. The van der Waals surface area contributed by atoms with Crippen molar-refractivity contribution in [1.82, 2.24) is 0 Å². The van der Waals surface area contributed by atoms with Gasteiger partial charge >= 0.3 is 23.9 Å². The second kappa shape index (κ2) is 11.7. The van der Waals surface area contributed by atoms with E-state index in [1.54, 1.807) is 26.8 Å². The molecule has 1 aromatic rings. The molecule has 0 amide bonds. The molecule has 0 heterocycles. The number of rotatable bonds is 10. The topological polar surface area (TPSA) is 105 Å². The first kappa shape index (κ1) is 22.1. The lowest BCUT2D eigenvalue weighted by Crippen LogP contribution is -2.15. The average molecular weight is 380 g/mol. The van der Waals surface area contributed by atoms with Gasteiger partial charge in [-0.25, -0.2) is 0 Å². The quantitative estimate of drug-likeness (QED) is 0.450. The molecule has 0 spiro atoms. The summed E-state index contributed by atoms with van der Waals surface area (Å²) in [6.07, 6.45) is -0.535. The molecule has 0 unspecified atom stereocenters. The van der Waals surface area contributed by atoms with Crippen LogP contribution in [0.4, 0.5) is 0 Å². The van der Waals surface area contributed by atoms with E-state index in [-0.39, 0.29) is 50.4 Å². The minimum Gasteiger partial charge on any atom is -0.466 e. The summed E-state index contributed by atoms with van der Waals surface area (Å²) in [5.74, 6) is -2.19. The summed E-state index contributed by atoms with van der Waals surface area (Å²) in [6.45, 7) is 5.59. The van der Waals surface area contributed by atoms with Crippen molar-refractivity contribution in [3.63, 3.8) is 0 Å². The van der Waals surface area contributed by atoms with E-state index in [0.29, 0.717) is 0 Å². The van der Waals surface area contributed by atoms with Gasteiger partial charge in [0.25, 0.3) is 0 Å². The third-order valence-electron chi connectivity index (χ3n) is 3.22. The van der Waals surface area contributed by atoms with Gasteiger partial charge in [0.15, 0.2) is 11.5 Å². The summed E-state index contributed by atoms with van der Waals surface area (Å²) in [5.41, 5.74) is 0.787. The highest BCUT2D eigenvalue weighted by molar-refractivity contribution is 5.81. The Labute approximate surface area is 157 Å². The molecule has 0 fully saturated rings. The van der Waals surface area contributed by atoms with Crippen LogP contribution in [0.3, 0.4) is 0 Å². The molecule has 1 aromatic carbocycles. The first-order valence-corrected chi connectivity index (χ1v) is 8.69. The molecule has 0 radical (unpaired) electrons. The maximum Gasteiger partial charge on any atom is 0.311 e. The molecule has 0 aliphatic heterocycles. The van der Waals surface area contributed by atoms with Gasteiger partial charge in [-0.15, -0.1) is 0 Å². The number of hydrogen-bond acceptors (Lipinski definition) is 8. The van der Waals surface area contributed by atoms with Crippen LogP contribution in [0.15, 0.2) is 18.2 Å². The molecule has 0 aromatic heterocycles. The second-order valence-electron chi connectivity index (χ2n) is 5.51. The number of esters is 4. The largest absolute Gasteiger partial charge is 0.466 e. The first-order valence-electron chi connectivity index (χ1n) is 8.69. The summed E-state index contributed by atoms with van der Waals surface area (Å²) in [5, 5.41) is 0. The minimum absolute atomic E-state index is 0.0546. The summed E-state index contributed by atoms with van der Waals surface area (Å²) >= 11 is 0. The van der Waals surface area contributed by atoms with Gasteiger partial charge in [-0.05, 0) is 38.5 Å². The van der Waals surface area contributed by atoms with E-state index in [4.69, 9.17) is 18.9 Å². The third kappa shape index (κ3) is 8.84. The summed E-state index contributed by atoms with van der Waals surface area (Å²) in [4.78, 5) is 46.4. The zero-order valence-corrected chi connectivity index (χ0v) is 15.7. The van der Waals surface area contributed by atoms with Crippen molar-refractivity contribution in [1.29, 1.82) is 0 Å². The summed E-state index contributed by atoms with van der Waals surface area (Å²) in [6, 6.07) is 4.71. The Morgan fingerprint density at radius 1 is 0.704 bits per heavy atom. The van der Waals surface area contributed by atoms with E-state index < -0.39 is 23.9 Å². The average Bonchev–Trinajstić information content (AvgIpc) is 2.61. The maximum atomic E-state index is 11.9. The number of ether oxygens (including phenoxy) is 4. The molecule has 8 heteroatoms. The van der Waals surface area contributed by atoms with E-state index in [0.717, 1.165) is 5.56 Å². The van der Waals surface area contributed by atoms with Crippen molar-refractivity contribution in [2.24, 2.45) is 0 Å². The Bertz CT molecular complexity index is 680. The molecule has 0 saturated heterocycles. The molecular weight excluding hydrogens is 356 g/mol. The lowest BCUT2D eigenvalue weighted by Gasteiger charge is -2.11. The van der Waals surface area contributed by atoms with Crippen LogP contribution in [0, 0.1) is 6.92 Å². The van der Waals surface area contributed by atoms with E-state index >= 15 is 0 Å². The van der Waals surface area contributed by atoms with Crippen LogP contribution in [0.25, 0.3) is 0 Å². The van der Waals surface area contributed by atoms with E-state index in [2.05, 4.69) is 0 Å². The first-order chi connectivity index (χ1) is 12.8. The van der Waals surface area contributed by atoms with Gasteiger partial charge < -0.3 is 18.9 Å². The highest BCUT2D eigenvalue weighted by Crippen LogP contribution is 2.29. The molecule has 0 bridgehead atoms. The lowest BCUT2D eigenvalue weighted by molar-refractivity contribution is -0.147. The Hall–Kier alpha value is -2.90. The molecule has 27 heavy (non-hydrogen) atoms. The molecule has 8 nitrogen and oxygen atoms in total. The lowest BCUT2D eigenvalue weighted by atomic mass is 10.2. The van der Waals surface area contributed by atoms with Gasteiger partial charge in [-0.2, -0.15) is 0 Å². The fraction of sp³-hybridized carbons (Fsp3) is 0.474. The van der Waals surface area contributed by atoms with Crippen LogP contribution in [0.2, 0.25) is 0 Å². The maximum absolute atomic E-state index is 11.9. The van der Waals surface area contributed by atoms with Gasteiger partial charge in [-0.1, -0.05) is 6.07 Å². The second-order valence-corrected chi connectivity index (χ2v) is 5.51. The van der Waals surface area contributed by atoms with Gasteiger partial charge in [-0.3, -0.25) is 19.2 Å². The van der Waals surface area contributed by atoms with Crippen molar-refractivity contribution >= 4 is 23.9 Å². The molecular formula is C19H24O8. The van der Waals surface area contributed by atoms with Crippen LogP contribution >= 0.6 is 0 Å². The Kier molecular flexibility index (Phi) is 9.57. The highest BCUT2D eigenvalue weighted by atomic mass is 16.6. The molecule has 148 valence electrons. The predicted molar refractivity (Wildman–Crippen MR) is 94.2 cm³/mol. The third-order valence-corrected chi connectivity index (χ3v) is 3.22. The number of carbonyl (C=O) groups excluding carboxylic acids is 4. The minimum atomic E-state index is -0.657. The molecule has 0 aliphatic rings. The smallest absolute Gasteiger partial charge is 0.311 e. The standard InChI is InChI=1S/C19H24O8/c1-4-24-16(20)8-10-18(22)26-14-7-6-13(3)12-15(14)27-19(23)11-9-17(21)25-5-2/h6-7,12H,4-5,8-11H2,1-3H3. The fourth-order valence-corrected chi connectivity index (χ4v) is 2.00.